The summed E-state index contributed by atoms with van der Waals surface area (Å²) in [7, 11) is 1.83. The second-order valence-corrected chi connectivity index (χ2v) is 10.2. The number of nitrogens with one attached hydrogen (secondary N) is 1. The van der Waals surface area contributed by atoms with Gasteiger partial charge in [-0.15, -0.1) is 0 Å². The van der Waals surface area contributed by atoms with Crippen molar-refractivity contribution in [2.45, 2.75) is 58.8 Å². The molecule has 2 unspecified atom stereocenters. The predicted molar refractivity (Wildman–Crippen MR) is 109 cm³/mol. The lowest BCUT2D eigenvalue weighted by atomic mass is 9.43. The van der Waals surface area contributed by atoms with Crippen molar-refractivity contribution < 1.29 is 14.4 Å². The first kappa shape index (κ1) is 20.4. The highest BCUT2D eigenvalue weighted by Crippen LogP contribution is 2.66. The summed E-state index contributed by atoms with van der Waals surface area (Å²) < 4.78 is 5.70. The zero-order valence-corrected chi connectivity index (χ0v) is 17.8. The first-order chi connectivity index (χ1) is 13.4. The van der Waals surface area contributed by atoms with Gasteiger partial charge in [0.2, 0.25) is 0 Å². The summed E-state index contributed by atoms with van der Waals surface area (Å²) in [5, 5.41) is 0. The zero-order valence-electron chi connectivity index (χ0n) is 17.8. The number of ketones is 1. The smallest absolute Gasteiger partial charge is 0.139 e. The zero-order chi connectivity index (χ0) is 19.9. The van der Waals surface area contributed by atoms with Gasteiger partial charge in [0.1, 0.15) is 5.78 Å². The lowest BCUT2D eigenvalue weighted by Gasteiger charge is -2.61. The third-order valence-corrected chi connectivity index (χ3v) is 8.98. The Morgan fingerprint density at radius 3 is 2.79 bits per heavy atom. The van der Waals surface area contributed by atoms with Crippen LogP contribution in [0.25, 0.3) is 0 Å². The van der Waals surface area contributed by atoms with Gasteiger partial charge in [-0.2, -0.15) is 0 Å². The number of hydrogen-bond acceptors (Lipinski definition) is 5. The van der Waals surface area contributed by atoms with Crippen molar-refractivity contribution in [1.29, 1.82) is 0 Å². The number of hydrogen-bond donors (Lipinski definition) is 2. The third-order valence-electron chi connectivity index (χ3n) is 8.98. The molecule has 0 aromatic carbocycles. The summed E-state index contributed by atoms with van der Waals surface area (Å²) in [6, 6.07) is 0. The normalized spacial score (nSPS) is 45.1. The molecule has 0 saturated heterocycles. The molecule has 7 atom stereocenters. The first-order valence-electron chi connectivity index (χ1n) is 11.2. The molecular formula is C23H38N2O3. The molecule has 28 heavy (non-hydrogen) atoms. The van der Waals surface area contributed by atoms with Crippen molar-refractivity contribution in [3.05, 3.63) is 11.8 Å². The van der Waals surface area contributed by atoms with Crippen LogP contribution in [0.4, 0.5) is 0 Å². The molecule has 0 heterocycles. The Hall–Kier alpha value is -0.910. The van der Waals surface area contributed by atoms with Crippen LogP contribution in [0, 0.1) is 40.4 Å². The summed E-state index contributed by atoms with van der Waals surface area (Å²) in [4.78, 5) is 18.2. The Balaban J connectivity index is 1.61. The van der Waals surface area contributed by atoms with E-state index < -0.39 is 0 Å². The molecule has 3 saturated carbocycles. The fourth-order valence-corrected chi connectivity index (χ4v) is 7.46. The van der Waals surface area contributed by atoms with Crippen LogP contribution in [-0.4, -0.2) is 32.7 Å². The van der Waals surface area contributed by atoms with Crippen LogP contribution in [0.3, 0.4) is 0 Å². The Labute approximate surface area is 169 Å². The third kappa shape index (κ3) is 3.14. The molecule has 0 amide bonds. The second kappa shape index (κ2) is 7.73. The molecule has 3 N–H and O–H groups in total. The molecule has 0 aromatic heterocycles. The molecule has 158 valence electrons. The van der Waals surface area contributed by atoms with Gasteiger partial charge in [0.25, 0.3) is 0 Å². The minimum atomic E-state index is -0.0797. The van der Waals surface area contributed by atoms with E-state index >= 15 is 0 Å². The van der Waals surface area contributed by atoms with E-state index in [1.165, 1.54) is 18.5 Å². The fraction of sp³-hybridized carbons (Fsp3) is 0.870. The van der Waals surface area contributed by atoms with E-state index in [2.05, 4.69) is 25.4 Å². The maximum atomic E-state index is 12.7. The SMILES string of the molecule is COCC1CC2C=C(NOCCN)CC[C@]2(C)[C@@H]2CC[C@]3(C)C(=O)CC[C@H]3[C@H]12. The molecule has 0 radical (unpaired) electrons. The molecule has 4 aliphatic rings. The van der Waals surface area contributed by atoms with Crippen molar-refractivity contribution in [3.8, 4) is 0 Å². The minimum absolute atomic E-state index is 0.0797. The maximum Gasteiger partial charge on any atom is 0.139 e. The second-order valence-electron chi connectivity index (χ2n) is 10.2. The van der Waals surface area contributed by atoms with Gasteiger partial charge in [-0.05, 0) is 73.5 Å². The van der Waals surface area contributed by atoms with Crippen molar-refractivity contribution in [1.82, 2.24) is 5.48 Å². The number of Topliss-reactive ketones (excluding diaryl/α,β-unsaturated/α-hetero) is 1. The summed E-state index contributed by atoms with van der Waals surface area (Å²) in [6.07, 6.45) is 9.98. The van der Waals surface area contributed by atoms with Crippen molar-refractivity contribution in [2.75, 3.05) is 26.9 Å². The van der Waals surface area contributed by atoms with Crippen LogP contribution in [0.5, 0.6) is 0 Å². The highest BCUT2D eigenvalue weighted by atomic mass is 16.6. The maximum absolute atomic E-state index is 12.7. The summed E-state index contributed by atoms with van der Waals surface area (Å²) in [5.74, 6) is 3.48. The molecule has 4 aliphatic carbocycles. The quantitative estimate of drug-likeness (QED) is 0.537. The molecule has 5 nitrogen and oxygen atoms in total. The van der Waals surface area contributed by atoms with Gasteiger partial charge < -0.3 is 10.5 Å². The van der Waals surface area contributed by atoms with E-state index in [0.29, 0.717) is 53.9 Å². The minimum Gasteiger partial charge on any atom is -0.384 e. The molecule has 3 fully saturated rings. The summed E-state index contributed by atoms with van der Waals surface area (Å²) in [5.41, 5.74) is 10.1. The Morgan fingerprint density at radius 2 is 2.04 bits per heavy atom. The largest absolute Gasteiger partial charge is 0.384 e. The van der Waals surface area contributed by atoms with Crippen LogP contribution in [0.1, 0.15) is 58.8 Å². The molecular weight excluding hydrogens is 352 g/mol. The van der Waals surface area contributed by atoms with Crippen LogP contribution in [-0.2, 0) is 14.4 Å². The van der Waals surface area contributed by atoms with Crippen molar-refractivity contribution in [3.63, 3.8) is 0 Å². The van der Waals surface area contributed by atoms with E-state index in [9.17, 15) is 4.79 Å². The number of hydroxylamine groups is 1. The lowest BCUT2D eigenvalue weighted by molar-refractivity contribution is -0.145. The van der Waals surface area contributed by atoms with Crippen molar-refractivity contribution >= 4 is 5.78 Å². The number of ether oxygens (including phenoxy) is 1. The molecule has 5 heteroatoms. The van der Waals surface area contributed by atoms with Gasteiger partial charge in [0.15, 0.2) is 0 Å². The summed E-state index contributed by atoms with van der Waals surface area (Å²) >= 11 is 0. The van der Waals surface area contributed by atoms with E-state index in [4.69, 9.17) is 15.3 Å². The van der Waals surface area contributed by atoms with Gasteiger partial charge in [-0.3, -0.25) is 15.1 Å². The highest BCUT2D eigenvalue weighted by Gasteiger charge is 2.62. The van der Waals surface area contributed by atoms with E-state index in [1.807, 2.05) is 7.11 Å². The average molecular weight is 391 g/mol. The number of carbonyl (C=O) groups excluding carboxylic acids is 1. The number of nitrogens with two attached hydrogens (primary N) is 1. The lowest BCUT2D eigenvalue weighted by Crippen LogP contribution is -2.56. The van der Waals surface area contributed by atoms with Gasteiger partial charge in [0, 0.05) is 37.8 Å². The predicted octanol–water partition coefficient (Wildman–Crippen LogP) is 3.44. The number of rotatable bonds is 6. The Kier molecular flexibility index (Phi) is 5.62. The molecule has 0 spiro atoms. The monoisotopic (exact) mass is 390 g/mol. The molecule has 4 rings (SSSR count). The van der Waals surface area contributed by atoms with Gasteiger partial charge in [-0.25, -0.2) is 0 Å². The van der Waals surface area contributed by atoms with Crippen molar-refractivity contribution in [2.24, 2.45) is 46.2 Å². The standard InChI is InChI=1S/C23H38N2O3/c1-22-8-6-17(25-28-11-10-24)13-16(22)12-15(14-27-3)21-18-4-5-20(26)23(18,2)9-7-19(21)22/h13,15-16,18-19,21,25H,4-12,14,24H2,1-3H3/t15?,16?,18-,19+,21-,22-,23-/m0/s1. The van der Waals surface area contributed by atoms with Crippen LogP contribution >= 0.6 is 0 Å². The number of methoxy groups -OCH3 is 1. The Morgan fingerprint density at radius 1 is 1.21 bits per heavy atom. The first-order valence-corrected chi connectivity index (χ1v) is 11.2. The van der Waals surface area contributed by atoms with Gasteiger partial charge in [0.05, 0.1) is 6.61 Å². The Bertz CT molecular complexity index is 635. The summed E-state index contributed by atoms with van der Waals surface area (Å²) in [6.45, 7) is 6.66. The van der Waals surface area contributed by atoms with E-state index in [-0.39, 0.29) is 5.41 Å². The number of allylic oxidation sites excluding steroid dienone is 2. The van der Waals surface area contributed by atoms with Crippen LogP contribution in [0.2, 0.25) is 0 Å². The topological polar surface area (TPSA) is 73.6 Å². The van der Waals surface area contributed by atoms with E-state index in [0.717, 1.165) is 38.7 Å². The van der Waals surface area contributed by atoms with Gasteiger partial charge in [-0.1, -0.05) is 19.9 Å². The molecule has 0 bridgehead atoms. The molecule has 0 aromatic rings. The average Bonchev–Trinajstić information content (AvgIpc) is 2.98. The number of fused-ring (bicyclic) bond motifs is 5. The van der Waals surface area contributed by atoms with Crippen LogP contribution in [0.15, 0.2) is 11.8 Å². The fourth-order valence-electron chi connectivity index (χ4n) is 7.46. The van der Waals surface area contributed by atoms with Crippen LogP contribution < -0.4 is 11.2 Å². The van der Waals surface area contributed by atoms with Gasteiger partial charge >= 0.3 is 0 Å². The number of carbonyl (C=O) groups is 1. The van der Waals surface area contributed by atoms with E-state index in [1.54, 1.807) is 0 Å². The molecule has 0 aliphatic heterocycles. The highest BCUT2D eigenvalue weighted by molar-refractivity contribution is 5.87.